The fourth-order valence-electron chi connectivity index (χ4n) is 1.77. The number of hydrogen-bond acceptors (Lipinski definition) is 5. The minimum absolute atomic E-state index is 0.269. The third-order valence-electron chi connectivity index (χ3n) is 3.00. The van der Waals surface area contributed by atoms with Crippen LogP contribution in [0.1, 0.15) is 18.6 Å². The largest absolute Gasteiger partial charge is 0.386 e. The molecule has 0 aliphatic heterocycles. The maximum absolute atomic E-state index is 10.1. The van der Waals surface area contributed by atoms with Crippen LogP contribution in [0.2, 0.25) is 0 Å². The van der Waals surface area contributed by atoms with Crippen molar-refractivity contribution in [3.8, 4) is 0 Å². The summed E-state index contributed by atoms with van der Waals surface area (Å²) in [5.41, 5.74) is 0.859. The van der Waals surface area contributed by atoms with Crippen molar-refractivity contribution in [2.45, 2.75) is 19.1 Å². The molecule has 0 saturated carbocycles. The standard InChI is InChI=1S/C16H26O5/c1-14(16(17)15-6-4-3-5-7-15)21-13-12-20-11-10-19-9-8-18-2/h3-7,14,16-17H,8-13H2,1-2H3. The zero-order chi connectivity index (χ0) is 15.3. The smallest absolute Gasteiger partial charge is 0.105 e. The Bertz CT molecular complexity index is 344. The van der Waals surface area contributed by atoms with E-state index in [1.165, 1.54) is 0 Å². The Morgan fingerprint density at radius 2 is 1.48 bits per heavy atom. The molecule has 2 atom stereocenters. The normalized spacial score (nSPS) is 14.0. The molecular formula is C16H26O5. The summed E-state index contributed by atoms with van der Waals surface area (Å²) in [5.74, 6) is 0. The van der Waals surface area contributed by atoms with Gasteiger partial charge in [-0.25, -0.2) is 0 Å². The molecule has 1 rings (SSSR count). The van der Waals surface area contributed by atoms with Crippen molar-refractivity contribution in [2.24, 2.45) is 0 Å². The summed E-state index contributed by atoms with van der Waals surface area (Å²) in [5, 5.41) is 10.1. The Hall–Kier alpha value is -0.980. The Balaban J connectivity index is 2.02. The summed E-state index contributed by atoms with van der Waals surface area (Å²) in [7, 11) is 1.64. The van der Waals surface area contributed by atoms with E-state index in [1.807, 2.05) is 37.3 Å². The van der Waals surface area contributed by atoms with Crippen molar-refractivity contribution < 1.29 is 24.1 Å². The number of ether oxygens (including phenoxy) is 4. The molecule has 5 heteroatoms. The van der Waals surface area contributed by atoms with Crippen molar-refractivity contribution in [3.63, 3.8) is 0 Å². The van der Waals surface area contributed by atoms with E-state index in [-0.39, 0.29) is 6.10 Å². The molecule has 0 aromatic heterocycles. The van der Waals surface area contributed by atoms with Gasteiger partial charge in [-0.15, -0.1) is 0 Å². The van der Waals surface area contributed by atoms with E-state index in [1.54, 1.807) is 7.11 Å². The van der Waals surface area contributed by atoms with Gasteiger partial charge in [0.05, 0.1) is 45.7 Å². The van der Waals surface area contributed by atoms with Crippen molar-refractivity contribution in [3.05, 3.63) is 35.9 Å². The highest BCUT2D eigenvalue weighted by Crippen LogP contribution is 2.18. The molecule has 0 fully saturated rings. The predicted octanol–water partition coefficient (Wildman–Crippen LogP) is 1.80. The Kier molecular flexibility index (Phi) is 10.0. The fraction of sp³-hybridized carbons (Fsp3) is 0.625. The molecule has 0 aliphatic rings. The molecule has 0 spiro atoms. The van der Waals surface area contributed by atoms with Crippen LogP contribution in [0.4, 0.5) is 0 Å². The lowest BCUT2D eigenvalue weighted by molar-refractivity contribution is -0.0541. The summed E-state index contributed by atoms with van der Waals surface area (Å²) < 4.78 is 21.1. The van der Waals surface area contributed by atoms with Gasteiger partial charge in [-0.3, -0.25) is 0 Å². The van der Waals surface area contributed by atoms with Gasteiger partial charge >= 0.3 is 0 Å². The van der Waals surface area contributed by atoms with Crippen LogP contribution in [-0.4, -0.2) is 58.0 Å². The lowest BCUT2D eigenvalue weighted by Crippen LogP contribution is -2.21. The number of methoxy groups -OCH3 is 1. The maximum atomic E-state index is 10.1. The van der Waals surface area contributed by atoms with E-state index < -0.39 is 6.10 Å². The topological polar surface area (TPSA) is 57.2 Å². The third-order valence-corrected chi connectivity index (χ3v) is 3.00. The molecule has 0 bridgehead atoms. The number of benzene rings is 1. The monoisotopic (exact) mass is 298 g/mol. The van der Waals surface area contributed by atoms with E-state index in [2.05, 4.69) is 0 Å². The second-order valence-electron chi connectivity index (χ2n) is 4.65. The summed E-state index contributed by atoms with van der Waals surface area (Å²) in [4.78, 5) is 0. The zero-order valence-electron chi connectivity index (χ0n) is 12.9. The predicted molar refractivity (Wildman–Crippen MR) is 80.3 cm³/mol. The van der Waals surface area contributed by atoms with Crippen molar-refractivity contribution >= 4 is 0 Å². The van der Waals surface area contributed by atoms with Gasteiger partial charge in [-0.05, 0) is 12.5 Å². The summed E-state index contributed by atoms with van der Waals surface area (Å²) in [6.07, 6.45) is -0.891. The van der Waals surface area contributed by atoms with Crippen LogP contribution >= 0.6 is 0 Å². The van der Waals surface area contributed by atoms with Gasteiger partial charge in [0.15, 0.2) is 0 Å². The Labute approximate surface area is 126 Å². The lowest BCUT2D eigenvalue weighted by atomic mass is 10.1. The molecular weight excluding hydrogens is 272 g/mol. The quantitative estimate of drug-likeness (QED) is 0.596. The van der Waals surface area contributed by atoms with Crippen LogP contribution in [-0.2, 0) is 18.9 Å². The Morgan fingerprint density at radius 1 is 0.905 bits per heavy atom. The zero-order valence-corrected chi connectivity index (χ0v) is 12.9. The van der Waals surface area contributed by atoms with Crippen molar-refractivity contribution in [2.75, 3.05) is 46.8 Å². The van der Waals surface area contributed by atoms with Gasteiger partial charge in [-0.1, -0.05) is 30.3 Å². The van der Waals surface area contributed by atoms with Gasteiger partial charge in [0.2, 0.25) is 0 Å². The highest BCUT2D eigenvalue weighted by Gasteiger charge is 2.16. The molecule has 120 valence electrons. The van der Waals surface area contributed by atoms with E-state index in [0.29, 0.717) is 39.6 Å². The first-order valence-corrected chi connectivity index (χ1v) is 7.24. The van der Waals surface area contributed by atoms with Crippen LogP contribution in [0, 0.1) is 0 Å². The fourth-order valence-corrected chi connectivity index (χ4v) is 1.77. The average Bonchev–Trinajstić information content (AvgIpc) is 2.53. The minimum atomic E-state index is -0.622. The van der Waals surface area contributed by atoms with Crippen molar-refractivity contribution in [1.82, 2.24) is 0 Å². The highest BCUT2D eigenvalue weighted by molar-refractivity contribution is 5.18. The molecule has 0 heterocycles. The van der Waals surface area contributed by atoms with Crippen molar-refractivity contribution in [1.29, 1.82) is 0 Å². The molecule has 0 aliphatic carbocycles. The van der Waals surface area contributed by atoms with Crippen LogP contribution in [0.5, 0.6) is 0 Å². The highest BCUT2D eigenvalue weighted by atomic mass is 16.6. The molecule has 0 amide bonds. The van der Waals surface area contributed by atoms with Crippen LogP contribution in [0.25, 0.3) is 0 Å². The molecule has 0 radical (unpaired) electrons. The first-order valence-electron chi connectivity index (χ1n) is 7.24. The molecule has 21 heavy (non-hydrogen) atoms. The van der Waals surface area contributed by atoms with Crippen LogP contribution < -0.4 is 0 Å². The number of hydrogen-bond donors (Lipinski definition) is 1. The van der Waals surface area contributed by atoms with Gasteiger partial charge in [0, 0.05) is 7.11 Å². The second-order valence-corrected chi connectivity index (χ2v) is 4.65. The lowest BCUT2D eigenvalue weighted by Gasteiger charge is -2.19. The van der Waals surface area contributed by atoms with Gasteiger partial charge in [0.1, 0.15) is 6.10 Å². The third kappa shape index (κ3) is 8.14. The number of aliphatic hydroxyl groups excluding tert-OH is 1. The average molecular weight is 298 g/mol. The van der Waals surface area contributed by atoms with E-state index >= 15 is 0 Å². The maximum Gasteiger partial charge on any atom is 0.105 e. The van der Waals surface area contributed by atoms with Crippen LogP contribution in [0.15, 0.2) is 30.3 Å². The van der Waals surface area contributed by atoms with E-state index in [9.17, 15) is 5.11 Å². The number of rotatable bonds is 12. The molecule has 1 aromatic carbocycles. The second kappa shape index (κ2) is 11.7. The summed E-state index contributed by atoms with van der Waals surface area (Å²) >= 11 is 0. The number of aliphatic hydroxyl groups is 1. The van der Waals surface area contributed by atoms with E-state index in [0.717, 1.165) is 5.56 Å². The SMILES string of the molecule is COCCOCCOCCOC(C)C(O)c1ccccc1. The van der Waals surface area contributed by atoms with Gasteiger partial charge in [-0.2, -0.15) is 0 Å². The molecule has 5 nitrogen and oxygen atoms in total. The molecule has 1 aromatic rings. The van der Waals surface area contributed by atoms with Gasteiger partial charge in [0.25, 0.3) is 0 Å². The first-order chi connectivity index (χ1) is 10.3. The first kappa shape index (κ1) is 18.1. The van der Waals surface area contributed by atoms with E-state index in [4.69, 9.17) is 18.9 Å². The molecule has 2 unspecified atom stereocenters. The van der Waals surface area contributed by atoms with Crippen LogP contribution in [0.3, 0.4) is 0 Å². The molecule has 1 N–H and O–H groups in total. The Morgan fingerprint density at radius 3 is 2.10 bits per heavy atom. The summed E-state index contributed by atoms with van der Waals surface area (Å²) in [6.45, 7) is 5.04. The minimum Gasteiger partial charge on any atom is -0.386 e. The summed E-state index contributed by atoms with van der Waals surface area (Å²) in [6, 6.07) is 9.50. The molecule has 0 saturated heterocycles. The van der Waals surface area contributed by atoms with Gasteiger partial charge < -0.3 is 24.1 Å².